The molecule has 3 nitrogen and oxygen atoms in total. The summed E-state index contributed by atoms with van der Waals surface area (Å²) in [5.41, 5.74) is 0. The van der Waals surface area contributed by atoms with E-state index in [2.05, 4.69) is 26.2 Å². The van der Waals surface area contributed by atoms with Crippen LogP contribution < -0.4 is 5.32 Å². The number of amides is 1. The lowest BCUT2D eigenvalue weighted by Crippen LogP contribution is -2.15. The molecule has 0 aromatic carbocycles. The van der Waals surface area contributed by atoms with E-state index in [1.807, 2.05) is 18.2 Å². The van der Waals surface area contributed by atoms with Crippen molar-refractivity contribution < 1.29 is 4.79 Å². The summed E-state index contributed by atoms with van der Waals surface area (Å²) < 4.78 is 0.743. The zero-order valence-electron chi connectivity index (χ0n) is 10.5. The van der Waals surface area contributed by atoms with E-state index in [0.717, 1.165) is 16.9 Å². The van der Waals surface area contributed by atoms with Crippen LogP contribution in [0.5, 0.6) is 0 Å². The highest BCUT2D eigenvalue weighted by atomic mass is 79.9. The first-order chi connectivity index (χ1) is 8.74. The molecule has 2 rings (SSSR count). The summed E-state index contributed by atoms with van der Waals surface area (Å²) in [7, 11) is 0. The predicted molar refractivity (Wildman–Crippen MR) is 76.4 cm³/mol. The van der Waals surface area contributed by atoms with E-state index in [4.69, 9.17) is 0 Å². The normalized spacial score (nSPS) is 16.5. The van der Waals surface area contributed by atoms with Crippen LogP contribution in [0.4, 0.5) is 5.82 Å². The van der Waals surface area contributed by atoms with E-state index in [-0.39, 0.29) is 5.91 Å². The summed E-state index contributed by atoms with van der Waals surface area (Å²) >= 11 is 3.29. The number of hydrogen-bond acceptors (Lipinski definition) is 2. The van der Waals surface area contributed by atoms with Crippen molar-refractivity contribution in [3.05, 3.63) is 22.8 Å². The van der Waals surface area contributed by atoms with E-state index in [9.17, 15) is 4.79 Å². The van der Waals surface area contributed by atoms with Gasteiger partial charge in [0, 0.05) is 6.42 Å². The van der Waals surface area contributed by atoms with Gasteiger partial charge in [-0.3, -0.25) is 4.79 Å². The Morgan fingerprint density at radius 2 is 2.11 bits per heavy atom. The quantitative estimate of drug-likeness (QED) is 0.849. The summed E-state index contributed by atoms with van der Waals surface area (Å²) in [6.07, 6.45) is 8.24. The van der Waals surface area contributed by atoms with Gasteiger partial charge in [0.15, 0.2) is 0 Å². The summed E-state index contributed by atoms with van der Waals surface area (Å²) in [4.78, 5) is 16.0. The Morgan fingerprint density at radius 1 is 1.33 bits per heavy atom. The minimum Gasteiger partial charge on any atom is -0.311 e. The Balaban J connectivity index is 1.74. The van der Waals surface area contributed by atoms with E-state index in [1.54, 1.807) is 0 Å². The first-order valence-corrected chi connectivity index (χ1v) is 7.46. The lowest BCUT2D eigenvalue weighted by Gasteiger charge is -2.20. The van der Waals surface area contributed by atoms with Crippen molar-refractivity contribution >= 4 is 27.7 Å². The number of nitrogens with one attached hydrogen (secondary N) is 1. The number of rotatable bonds is 4. The summed E-state index contributed by atoms with van der Waals surface area (Å²) in [6, 6.07) is 5.52. The molecule has 1 heterocycles. The van der Waals surface area contributed by atoms with Crippen LogP contribution in [0, 0.1) is 5.92 Å². The van der Waals surface area contributed by atoms with Crippen LogP contribution in [0.2, 0.25) is 0 Å². The van der Waals surface area contributed by atoms with E-state index in [1.165, 1.54) is 32.1 Å². The van der Waals surface area contributed by atoms with Crippen molar-refractivity contribution in [2.75, 3.05) is 5.32 Å². The third-order valence-electron chi connectivity index (χ3n) is 3.49. The van der Waals surface area contributed by atoms with Gasteiger partial charge in [0.25, 0.3) is 0 Å². The second kappa shape index (κ2) is 6.88. The fourth-order valence-electron chi connectivity index (χ4n) is 2.49. The zero-order valence-corrected chi connectivity index (χ0v) is 12.1. The molecule has 0 bridgehead atoms. The highest BCUT2D eigenvalue weighted by Crippen LogP contribution is 2.27. The number of carbonyl (C=O) groups is 1. The largest absolute Gasteiger partial charge is 0.311 e. The Bertz CT molecular complexity index is 403. The molecule has 1 amide bonds. The van der Waals surface area contributed by atoms with Crippen molar-refractivity contribution in [3.63, 3.8) is 0 Å². The highest BCUT2D eigenvalue weighted by molar-refractivity contribution is 9.10. The number of nitrogens with zero attached hydrogens (tertiary/aromatic N) is 1. The maximum Gasteiger partial charge on any atom is 0.225 e. The van der Waals surface area contributed by atoms with Crippen LogP contribution in [0.1, 0.15) is 44.9 Å². The van der Waals surface area contributed by atoms with E-state index < -0.39 is 0 Å². The molecule has 1 fully saturated rings. The van der Waals surface area contributed by atoms with Gasteiger partial charge in [-0.25, -0.2) is 4.98 Å². The summed E-state index contributed by atoms with van der Waals surface area (Å²) in [5, 5.41) is 2.84. The Labute approximate surface area is 117 Å². The number of aromatic nitrogens is 1. The molecule has 1 saturated carbocycles. The molecular weight excluding hydrogens is 292 g/mol. The molecular formula is C14H19BrN2O. The second-order valence-electron chi connectivity index (χ2n) is 4.94. The molecule has 0 unspecified atom stereocenters. The van der Waals surface area contributed by atoms with Gasteiger partial charge in [-0.1, -0.05) is 38.2 Å². The average molecular weight is 311 g/mol. The first-order valence-electron chi connectivity index (χ1n) is 6.66. The lowest BCUT2D eigenvalue weighted by atomic mass is 9.86. The van der Waals surface area contributed by atoms with Crippen molar-refractivity contribution in [1.82, 2.24) is 4.98 Å². The van der Waals surface area contributed by atoms with Gasteiger partial charge in [0.05, 0.1) is 0 Å². The average Bonchev–Trinajstić information content (AvgIpc) is 2.38. The van der Waals surface area contributed by atoms with Crippen molar-refractivity contribution in [2.45, 2.75) is 44.9 Å². The molecule has 1 aliphatic rings. The van der Waals surface area contributed by atoms with Gasteiger partial charge in [0.2, 0.25) is 5.91 Å². The van der Waals surface area contributed by atoms with Crippen molar-refractivity contribution in [3.8, 4) is 0 Å². The molecule has 0 radical (unpaired) electrons. The number of carbonyl (C=O) groups excluding carboxylic acids is 1. The van der Waals surface area contributed by atoms with Gasteiger partial charge in [0.1, 0.15) is 10.4 Å². The van der Waals surface area contributed by atoms with E-state index in [0.29, 0.717) is 12.2 Å². The molecule has 18 heavy (non-hydrogen) atoms. The standard InChI is InChI=1S/C14H19BrN2O/c15-12-7-4-8-13(16-12)17-14(18)10-9-11-5-2-1-3-6-11/h4,7-8,11H,1-3,5-6,9-10H2,(H,16,17,18). The van der Waals surface area contributed by atoms with Gasteiger partial charge < -0.3 is 5.32 Å². The van der Waals surface area contributed by atoms with Gasteiger partial charge in [-0.05, 0) is 40.4 Å². The number of halogens is 1. The van der Waals surface area contributed by atoms with Gasteiger partial charge in [-0.15, -0.1) is 0 Å². The minimum atomic E-state index is 0.0752. The van der Waals surface area contributed by atoms with Crippen LogP contribution in [-0.4, -0.2) is 10.9 Å². The molecule has 0 saturated heterocycles. The minimum absolute atomic E-state index is 0.0752. The molecule has 4 heteroatoms. The van der Waals surface area contributed by atoms with Crippen LogP contribution in [0.25, 0.3) is 0 Å². The lowest BCUT2D eigenvalue weighted by molar-refractivity contribution is -0.116. The van der Waals surface area contributed by atoms with Crippen LogP contribution >= 0.6 is 15.9 Å². The number of hydrogen-bond donors (Lipinski definition) is 1. The highest BCUT2D eigenvalue weighted by Gasteiger charge is 2.14. The maximum absolute atomic E-state index is 11.8. The summed E-state index contributed by atoms with van der Waals surface area (Å²) in [5.74, 6) is 1.45. The molecule has 0 spiro atoms. The monoisotopic (exact) mass is 310 g/mol. The third kappa shape index (κ3) is 4.41. The molecule has 1 aliphatic carbocycles. The molecule has 0 atom stereocenters. The SMILES string of the molecule is O=C(CCC1CCCCC1)Nc1cccc(Br)n1. The molecule has 1 N–H and O–H groups in total. The van der Waals surface area contributed by atoms with Gasteiger partial charge in [-0.2, -0.15) is 0 Å². The van der Waals surface area contributed by atoms with Crippen molar-refractivity contribution in [2.24, 2.45) is 5.92 Å². The van der Waals surface area contributed by atoms with Crippen molar-refractivity contribution in [1.29, 1.82) is 0 Å². The van der Waals surface area contributed by atoms with E-state index >= 15 is 0 Å². The smallest absolute Gasteiger partial charge is 0.225 e. The molecule has 0 aliphatic heterocycles. The second-order valence-corrected chi connectivity index (χ2v) is 5.75. The van der Waals surface area contributed by atoms with Crippen LogP contribution in [0.15, 0.2) is 22.8 Å². The van der Waals surface area contributed by atoms with Crippen LogP contribution in [-0.2, 0) is 4.79 Å². The Hall–Kier alpha value is -0.900. The molecule has 1 aromatic rings. The predicted octanol–water partition coefficient (Wildman–Crippen LogP) is 4.14. The zero-order chi connectivity index (χ0) is 12.8. The van der Waals surface area contributed by atoms with Gasteiger partial charge >= 0.3 is 0 Å². The fraction of sp³-hybridized carbons (Fsp3) is 0.571. The third-order valence-corrected chi connectivity index (χ3v) is 3.93. The number of pyridine rings is 1. The topological polar surface area (TPSA) is 42.0 Å². The first kappa shape index (κ1) is 13.5. The maximum atomic E-state index is 11.8. The fourth-order valence-corrected chi connectivity index (χ4v) is 2.84. The number of anilines is 1. The van der Waals surface area contributed by atoms with Crippen LogP contribution in [0.3, 0.4) is 0 Å². The Kier molecular flexibility index (Phi) is 5.17. The molecule has 98 valence electrons. The molecule has 1 aromatic heterocycles. The Morgan fingerprint density at radius 3 is 2.83 bits per heavy atom. The summed E-state index contributed by atoms with van der Waals surface area (Å²) in [6.45, 7) is 0.